The molecule has 0 aliphatic carbocycles. The lowest BCUT2D eigenvalue weighted by Crippen LogP contribution is -2.05. The molecule has 2 N–H and O–H groups in total. The van der Waals surface area contributed by atoms with Crippen molar-refractivity contribution in [3.8, 4) is 17.2 Å². The quantitative estimate of drug-likeness (QED) is 0.760. The first-order valence-corrected chi connectivity index (χ1v) is 5.63. The van der Waals surface area contributed by atoms with Crippen molar-refractivity contribution in [2.45, 2.75) is 0 Å². The van der Waals surface area contributed by atoms with Gasteiger partial charge in [0.1, 0.15) is 11.6 Å². The molecule has 0 spiro atoms. The summed E-state index contributed by atoms with van der Waals surface area (Å²) in [4.78, 5) is 8.14. The lowest BCUT2D eigenvalue weighted by atomic mass is 10.1. The van der Waals surface area contributed by atoms with Gasteiger partial charge in [-0.15, -0.1) is 0 Å². The van der Waals surface area contributed by atoms with Gasteiger partial charge in [-0.3, -0.25) is 0 Å². The fourth-order valence-corrected chi connectivity index (χ4v) is 1.75. The van der Waals surface area contributed by atoms with E-state index in [-0.39, 0.29) is 5.82 Å². The highest BCUT2D eigenvalue weighted by molar-refractivity contribution is 5.63. The molecule has 0 atom stereocenters. The molecule has 0 aliphatic rings. The minimum Gasteiger partial charge on any atom is -0.383 e. The standard InChI is InChI=1S/C13H10FN5/c14-10-4-1-3-9(7-10)11-8-12(15)19(18-11)13-16-5-2-6-17-13/h1-8H,15H2. The van der Waals surface area contributed by atoms with Crippen molar-refractivity contribution in [1.82, 2.24) is 19.7 Å². The van der Waals surface area contributed by atoms with E-state index in [1.165, 1.54) is 16.8 Å². The third-order valence-corrected chi connectivity index (χ3v) is 2.60. The summed E-state index contributed by atoms with van der Waals surface area (Å²) in [5.41, 5.74) is 7.10. The van der Waals surface area contributed by atoms with E-state index >= 15 is 0 Å². The monoisotopic (exact) mass is 255 g/mol. The number of halogens is 1. The molecular formula is C13H10FN5. The van der Waals surface area contributed by atoms with Crippen LogP contribution in [0.25, 0.3) is 17.2 Å². The summed E-state index contributed by atoms with van der Waals surface area (Å²) in [6.45, 7) is 0. The van der Waals surface area contributed by atoms with Crippen molar-refractivity contribution in [3.63, 3.8) is 0 Å². The molecule has 3 aromatic rings. The second kappa shape index (κ2) is 4.49. The zero-order valence-electron chi connectivity index (χ0n) is 9.86. The summed E-state index contributed by atoms with van der Waals surface area (Å²) in [5, 5.41) is 4.29. The zero-order valence-corrected chi connectivity index (χ0v) is 9.86. The number of nitrogens with zero attached hydrogens (tertiary/aromatic N) is 4. The third-order valence-electron chi connectivity index (χ3n) is 2.60. The van der Waals surface area contributed by atoms with Gasteiger partial charge in [-0.2, -0.15) is 9.78 Å². The summed E-state index contributed by atoms with van der Waals surface area (Å²) >= 11 is 0. The second-order valence-electron chi connectivity index (χ2n) is 3.93. The van der Waals surface area contributed by atoms with Gasteiger partial charge in [-0.05, 0) is 18.2 Å². The highest BCUT2D eigenvalue weighted by atomic mass is 19.1. The minimum absolute atomic E-state index is 0.318. The van der Waals surface area contributed by atoms with E-state index in [4.69, 9.17) is 5.73 Å². The van der Waals surface area contributed by atoms with Crippen molar-refractivity contribution < 1.29 is 4.39 Å². The van der Waals surface area contributed by atoms with Crippen LogP contribution in [0.15, 0.2) is 48.8 Å². The molecule has 0 fully saturated rings. The molecule has 3 rings (SSSR count). The Labute approximate surface area is 108 Å². The predicted octanol–water partition coefficient (Wildman–Crippen LogP) is 2.05. The Balaban J connectivity index is 2.07. The average molecular weight is 255 g/mol. The Morgan fingerprint density at radius 2 is 1.84 bits per heavy atom. The van der Waals surface area contributed by atoms with E-state index in [0.717, 1.165) is 0 Å². The Bertz CT molecular complexity index is 708. The maximum Gasteiger partial charge on any atom is 0.252 e. The maximum atomic E-state index is 13.2. The summed E-state index contributed by atoms with van der Waals surface area (Å²) in [7, 11) is 0. The molecule has 0 unspecified atom stereocenters. The van der Waals surface area contributed by atoms with Gasteiger partial charge in [0.2, 0.25) is 0 Å². The normalized spacial score (nSPS) is 10.6. The predicted molar refractivity (Wildman–Crippen MR) is 69.0 cm³/mol. The summed E-state index contributed by atoms with van der Waals surface area (Å²) in [6.07, 6.45) is 3.20. The summed E-state index contributed by atoms with van der Waals surface area (Å²) < 4.78 is 14.6. The Morgan fingerprint density at radius 1 is 1.05 bits per heavy atom. The Hall–Kier alpha value is -2.76. The number of hydrogen-bond acceptors (Lipinski definition) is 4. The zero-order chi connectivity index (χ0) is 13.2. The van der Waals surface area contributed by atoms with Crippen molar-refractivity contribution in [1.29, 1.82) is 0 Å². The summed E-state index contributed by atoms with van der Waals surface area (Å²) in [6, 6.07) is 9.53. The van der Waals surface area contributed by atoms with Crippen LogP contribution in [0.3, 0.4) is 0 Å². The van der Waals surface area contributed by atoms with Crippen molar-refractivity contribution in [3.05, 3.63) is 54.6 Å². The molecule has 2 heterocycles. The van der Waals surface area contributed by atoms with Gasteiger partial charge in [0.05, 0.1) is 5.69 Å². The third kappa shape index (κ3) is 2.15. The molecule has 0 aliphatic heterocycles. The second-order valence-corrected chi connectivity index (χ2v) is 3.93. The first-order valence-electron chi connectivity index (χ1n) is 5.63. The van der Waals surface area contributed by atoms with Gasteiger partial charge < -0.3 is 5.73 Å². The number of aromatic nitrogens is 4. The fraction of sp³-hybridized carbons (Fsp3) is 0. The van der Waals surface area contributed by atoms with Crippen LogP contribution in [0.2, 0.25) is 0 Å². The van der Waals surface area contributed by atoms with E-state index in [1.807, 2.05) is 0 Å². The lowest BCUT2D eigenvalue weighted by molar-refractivity contribution is 0.628. The SMILES string of the molecule is Nc1cc(-c2cccc(F)c2)nn1-c1ncccn1. The number of rotatable bonds is 2. The van der Waals surface area contributed by atoms with Gasteiger partial charge in [-0.1, -0.05) is 12.1 Å². The van der Waals surface area contributed by atoms with Gasteiger partial charge in [-0.25, -0.2) is 14.4 Å². The van der Waals surface area contributed by atoms with Crippen LogP contribution in [0.4, 0.5) is 10.2 Å². The molecule has 19 heavy (non-hydrogen) atoms. The van der Waals surface area contributed by atoms with Crippen LogP contribution >= 0.6 is 0 Å². The van der Waals surface area contributed by atoms with Gasteiger partial charge in [0, 0.05) is 24.0 Å². The van der Waals surface area contributed by atoms with E-state index in [2.05, 4.69) is 15.1 Å². The smallest absolute Gasteiger partial charge is 0.252 e. The molecular weight excluding hydrogens is 245 g/mol. The Morgan fingerprint density at radius 3 is 2.58 bits per heavy atom. The van der Waals surface area contributed by atoms with E-state index in [0.29, 0.717) is 23.0 Å². The fourth-order valence-electron chi connectivity index (χ4n) is 1.75. The molecule has 6 heteroatoms. The molecule has 0 saturated carbocycles. The largest absolute Gasteiger partial charge is 0.383 e. The highest BCUT2D eigenvalue weighted by Gasteiger charge is 2.10. The average Bonchev–Trinajstić information content (AvgIpc) is 2.82. The molecule has 1 aromatic carbocycles. The number of nitrogen functional groups attached to an aromatic ring is 1. The van der Waals surface area contributed by atoms with Crippen LogP contribution in [-0.2, 0) is 0 Å². The minimum atomic E-state index is -0.318. The molecule has 2 aromatic heterocycles. The molecule has 0 amide bonds. The highest BCUT2D eigenvalue weighted by Crippen LogP contribution is 2.22. The molecule has 5 nitrogen and oxygen atoms in total. The molecule has 94 valence electrons. The van der Waals surface area contributed by atoms with Crippen LogP contribution < -0.4 is 5.73 Å². The van der Waals surface area contributed by atoms with Crippen LogP contribution in [0.5, 0.6) is 0 Å². The topological polar surface area (TPSA) is 69.6 Å². The van der Waals surface area contributed by atoms with E-state index < -0.39 is 0 Å². The van der Waals surface area contributed by atoms with E-state index in [1.54, 1.807) is 36.7 Å². The first kappa shape index (κ1) is 11.3. The van der Waals surface area contributed by atoms with Crippen molar-refractivity contribution in [2.24, 2.45) is 0 Å². The van der Waals surface area contributed by atoms with E-state index in [9.17, 15) is 4.39 Å². The Kier molecular flexibility index (Phi) is 2.68. The van der Waals surface area contributed by atoms with Crippen LogP contribution in [-0.4, -0.2) is 19.7 Å². The van der Waals surface area contributed by atoms with Crippen molar-refractivity contribution >= 4 is 5.82 Å². The van der Waals surface area contributed by atoms with Gasteiger partial charge in [0.25, 0.3) is 5.95 Å². The summed E-state index contributed by atoms with van der Waals surface area (Å²) in [5.74, 6) is 0.453. The number of nitrogens with two attached hydrogens (primary N) is 1. The first-order chi connectivity index (χ1) is 9.24. The maximum absolute atomic E-state index is 13.2. The van der Waals surface area contributed by atoms with Gasteiger partial charge in [0.15, 0.2) is 0 Å². The molecule has 0 saturated heterocycles. The van der Waals surface area contributed by atoms with Gasteiger partial charge >= 0.3 is 0 Å². The lowest BCUT2D eigenvalue weighted by Gasteiger charge is -2.00. The molecule has 0 radical (unpaired) electrons. The number of benzene rings is 1. The van der Waals surface area contributed by atoms with Crippen LogP contribution in [0.1, 0.15) is 0 Å². The molecule has 0 bridgehead atoms. The van der Waals surface area contributed by atoms with Crippen LogP contribution in [0, 0.1) is 5.82 Å². The van der Waals surface area contributed by atoms with Crippen molar-refractivity contribution in [2.75, 3.05) is 5.73 Å². The number of anilines is 1. The number of hydrogen-bond donors (Lipinski definition) is 1.